The summed E-state index contributed by atoms with van der Waals surface area (Å²) >= 11 is 0. The van der Waals surface area contributed by atoms with Crippen molar-refractivity contribution in [2.45, 2.75) is 58.1 Å². The number of carboxylic acid groups (broad SMARTS) is 1. The van der Waals surface area contributed by atoms with Gasteiger partial charge >= 0.3 is 12.1 Å². The Morgan fingerprint density at radius 1 is 1.18 bits per heavy atom. The van der Waals surface area contributed by atoms with Crippen molar-refractivity contribution in [3.05, 3.63) is 29.8 Å². The van der Waals surface area contributed by atoms with Gasteiger partial charge < -0.3 is 9.84 Å². The van der Waals surface area contributed by atoms with Gasteiger partial charge in [-0.3, -0.25) is 4.90 Å². The summed E-state index contributed by atoms with van der Waals surface area (Å²) in [7, 11) is 0. The number of anilines is 1. The summed E-state index contributed by atoms with van der Waals surface area (Å²) in [5.41, 5.74) is -0.0806. The summed E-state index contributed by atoms with van der Waals surface area (Å²) < 4.78 is 5.50. The van der Waals surface area contributed by atoms with E-state index in [1.54, 1.807) is 39.0 Å². The highest BCUT2D eigenvalue weighted by Gasteiger charge is 2.33. The van der Waals surface area contributed by atoms with E-state index in [2.05, 4.69) is 0 Å². The van der Waals surface area contributed by atoms with E-state index in [9.17, 15) is 14.7 Å². The number of ether oxygens (including phenoxy) is 1. The van der Waals surface area contributed by atoms with E-state index in [1.807, 2.05) is 0 Å². The van der Waals surface area contributed by atoms with Crippen molar-refractivity contribution < 1.29 is 19.4 Å². The lowest BCUT2D eigenvalue weighted by molar-refractivity contribution is 0.0565. The standard InChI is InChI=1S/C17H23NO4/c1-17(2,3)22-16(21)18(12-8-4-5-9-12)14-11-7-6-10-13(14)15(19)20/h6-7,10-12H,4-5,8-9H2,1-3H3,(H,19,20). The molecule has 1 aromatic rings. The normalized spacial score (nSPS) is 15.6. The first kappa shape index (κ1) is 16.3. The van der Waals surface area contributed by atoms with E-state index < -0.39 is 17.7 Å². The highest BCUT2D eigenvalue weighted by atomic mass is 16.6. The number of amides is 1. The Hall–Kier alpha value is -2.04. The second-order valence-corrected chi connectivity index (χ2v) is 6.61. The molecule has 120 valence electrons. The Balaban J connectivity index is 2.40. The molecule has 0 atom stereocenters. The van der Waals surface area contributed by atoms with Gasteiger partial charge in [-0.15, -0.1) is 0 Å². The molecule has 0 aromatic heterocycles. The third kappa shape index (κ3) is 3.78. The molecular weight excluding hydrogens is 282 g/mol. The molecule has 0 aliphatic heterocycles. The summed E-state index contributed by atoms with van der Waals surface area (Å²) in [6.45, 7) is 5.42. The molecular formula is C17H23NO4. The van der Waals surface area contributed by atoms with Gasteiger partial charge in [0.1, 0.15) is 5.60 Å². The number of carbonyl (C=O) groups is 2. The van der Waals surface area contributed by atoms with Crippen molar-refractivity contribution in [3.8, 4) is 0 Å². The van der Waals surface area contributed by atoms with E-state index in [0.29, 0.717) is 5.69 Å². The van der Waals surface area contributed by atoms with Crippen molar-refractivity contribution in [1.29, 1.82) is 0 Å². The first-order valence-corrected chi connectivity index (χ1v) is 7.64. The summed E-state index contributed by atoms with van der Waals surface area (Å²) in [4.78, 5) is 25.6. The summed E-state index contributed by atoms with van der Waals surface area (Å²) in [5.74, 6) is -1.04. The van der Waals surface area contributed by atoms with E-state index in [0.717, 1.165) is 25.7 Å². The number of carboxylic acids is 1. The molecule has 5 heteroatoms. The number of benzene rings is 1. The molecule has 1 N–H and O–H groups in total. The Morgan fingerprint density at radius 3 is 2.32 bits per heavy atom. The molecule has 1 aliphatic rings. The number of carbonyl (C=O) groups excluding carboxylic acids is 1. The maximum atomic E-state index is 12.6. The molecule has 2 rings (SSSR count). The molecule has 0 saturated heterocycles. The highest BCUT2D eigenvalue weighted by Crippen LogP contribution is 2.32. The number of hydrogen-bond donors (Lipinski definition) is 1. The molecule has 1 saturated carbocycles. The van der Waals surface area contributed by atoms with Crippen LogP contribution >= 0.6 is 0 Å². The highest BCUT2D eigenvalue weighted by molar-refractivity contribution is 6.00. The van der Waals surface area contributed by atoms with Crippen LogP contribution in [0.2, 0.25) is 0 Å². The first-order valence-electron chi connectivity index (χ1n) is 7.64. The topological polar surface area (TPSA) is 66.8 Å². The van der Waals surface area contributed by atoms with Gasteiger partial charge in [0, 0.05) is 6.04 Å². The van der Waals surface area contributed by atoms with Crippen LogP contribution in [0.5, 0.6) is 0 Å². The Bertz CT molecular complexity index is 556. The van der Waals surface area contributed by atoms with Gasteiger partial charge in [-0.25, -0.2) is 9.59 Å². The predicted molar refractivity (Wildman–Crippen MR) is 84.4 cm³/mol. The van der Waals surface area contributed by atoms with Crippen LogP contribution in [0, 0.1) is 0 Å². The van der Waals surface area contributed by atoms with E-state index >= 15 is 0 Å². The van der Waals surface area contributed by atoms with Gasteiger partial charge in [0.2, 0.25) is 0 Å². The van der Waals surface area contributed by atoms with Gasteiger partial charge in [0.15, 0.2) is 0 Å². The number of aromatic carboxylic acids is 1. The van der Waals surface area contributed by atoms with Gasteiger partial charge in [-0.2, -0.15) is 0 Å². The average molecular weight is 305 g/mol. The minimum Gasteiger partial charge on any atom is -0.478 e. The molecule has 5 nitrogen and oxygen atoms in total. The summed E-state index contributed by atoms with van der Waals surface area (Å²) in [6.07, 6.45) is 3.34. The first-order chi connectivity index (χ1) is 10.3. The zero-order valence-electron chi connectivity index (χ0n) is 13.3. The minimum absolute atomic E-state index is 0.00431. The monoisotopic (exact) mass is 305 g/mol. The second-order valence-electron chi connectivity index (χ2n) is 6.61. The van der Waals surface area contributed by atoms with Crippen molar-refractivity contribution in [1.82, 2.24) is 0 Å². The van der Waals surface area contributed by atoms with Gasteiger partial charge in [-0.05, 0) is 45.7 Å². The maximum Gasteiger partial charge on any atom is 0.415 e. The van der Waals surface area contributed by atoms with E-state index in [-0.39, 0.29) is 11.6 Å². The van der Waals surface area contributed by atoms with E-state index in [4.69, 9.17) is 4.74 Å². The van der Waals surface area contributed by atoms with Crippen LogP contribution in [0.1, 0.15) is 56.8 Å². The molecule has 1 amide bonds. The van der Waals surface area contributed by atoms with Crippen molar-refractivity contribution in [2.75, 3.05) is 4.90 Å². The zero-order chi connectivity index (χ0) is 16.3. The molecule has 0 spiro atoms. The van der Waals surface area contributed by atoms with Gasteiger partial charge in [0.25, 0.3) is 0 Å². The van der Waals surface area contributed by atoms with Crippen LogP contribution in [-0.4, -0.2) is 28.8 Å². The molecule has 1 aromatic carbocycles. The van der Waals surface area contributed by atoms with Crippen LogP contribution in [-0.2, 0) is 4.74 Å². The fourth-order valence-electron chi connectivity index (χ4n) is 2.78. The van der Waals surface area contributed by atoms with Crippen LogP contribution in [0.25, 0.3) is 0 Å². The van der Waals surface area contributed by atoms with Crippen molar-refractivity contribution >= 4 is 17.7 Å². The number of para-hydroxylation sites is 1. The molecule has 1 fully saturated rings. The molecule has 1 aliphatic carbocycles. The minimum atomic E-state index is -1.04. The van der Waals surface area contributed by atoms with Crippen LogP contribution in [0.4, 0.5) is 10.5 Å². The van der Waals surface area contributed by atoms with Gasteiger partial charge in [-0.1, -0.05) is 25.0 Å². The number of nitrogens with zero attached hydrogens (tertiary/aromatic N) is 1. The van der Waals surface area contributed by atoms with Crippen molar-refractivity contribution in [2.24, 2.45) is 0 Å². The smallest absolute Gasteiger partial charge is 0.415 e. The largest absolute Gasteiger partial charge is 0.478 e. The molecule has 0 radical (unpaired) electrons. The molecule has 22 heavy (non-hydrogen) atoms. The summed E-state index contributed by atoms with van der Waals surface area (Å²) in [6, 6.07) is 6.59. The second kappa shape index (κ2) is 6.38. The Labute approximate surface area is 130 Å². The van der Waals surface area contributed by atoms with E-state index in [1.165, 1.54) is 11.0 Å². The van der Waals surface area contributed by atoms with Crippen LogP contribution < -0.4 is 4.90 Å². The molecule has 0 unspecified atom stereocenters. The fourth-order valence-corrected chi connectivity index (χ4v) is 2.78. The SMILES string of the molecule is CC(C)(C)OC(=O)N(c1ccccc1C(=O)O)C1CCCC1. The number of rotatable bonds is 3. The zero-order valence-corrected chi connectivity index (χ0v) is 13.3. The third-order valence-electron chi connectivity index (χ3n) is 3.67. The summed E-state index contributed by atoms with van der Waals surface area (Å²) in [5, 5.41) is 9.39. The lowest BCUT2D eigenvalue weighted by Crippen LogP contribution is -2.43. The Kier molecular flexibility index (Phi) is 4.74. The lowest BCUT2D eigenvalue weighted by atomic mass is 10.1. The van der Waals surface area contributed by atoms with Crippen LogP contribution in [0.15, 0.2) is 24.3 Å². The number of hydrogen-bond acceptors (Lipinski definition) is 3. The quantitative estimate of drug-likeness (QED) is 0.914. The lowest BCUT2D eigenvalue weighted by Gasteiger charge is -2.32. The maximum absolute atomic E-state index is 12.6. The average Bonchev–Trinajstić information content (AvgIpc) is 2.91. The Morgan fingerprint density at radius 2 is 1.77 bits per heavy atom. The predicted octanol–water partition coefficient (Wildman–Crippen LogP) is 4.07. The van der Waals surface area contributed by atoms with Gasteiger partial charge in [0.05, 0.1) is 11.3 Å². The third-order valence-corrected chi connectivity index (χ3v) is 3.67. The fraction of sp³-hybridized carbons (Fsp3) is 0.529. The van der Waals surface area contributed by atoms with Crippen molar-refractivity contribution in [3.63, 3.8) is 0 Å². The molecule has 0 bridgehead atoms. The van der Waals surface area contributed by atoms with Crippen LogP contribution in [0.3, 0.4) is 0 Å². The molecule has 0 heterocycles.